The number of hydrogen-bond donors (Lipinski definition) is 4. The van der Waals surface area contributed by atoms with E-state index in [0.717, 1.165) is 5.56 Å². The molecule has 1 fully saturated rings. The van der Waals surface area contributed by atoms with Gasteiger partial charge in [-0.05, 0) is 29.8 Å². The van der Waals surface area contributed by atoms with Crippen LogP contribution in [0.15, 0.2) is 61.2 Å². The Morgan fingerprint density at radius 3 is 2.79 bits per heavy atom. The molecule has 0 radical (unpaired) electrons. The Morgan fingerprint density at radius 2 is 1.95 bits per heavy atom. The van der Waals surface area contributed by atoms with E-state index in [1.165, 1.54) is 12.7 Å². The van der Waals surface area contributed by atoms with Crippen LogP contribution in [-0.4, -0.2) is 73.9 Å². The van der Waals surface area contributed by atoms with Crippen molar-refractivity contribution in [2.45, 2.75) is 31.0 Å². The molecule has 1 amide bonds. The third-order valence-electron chi connectivity index (χ3n) is 6.52. The smallest absolute Gasteiger partial charge is 0.258 e. The summed E-state index contributed by atoms with van der Waals surface area (Å²) >= 11 is 0. The molecule has 0 bridgehead atoms. The van der Waals surface area contributed by atoms with Crippen molar-refractivity contribution >= 4 is 22.9 Å². The summed E-state index contributed by atoms with van der Waals surface area (Å²) in [6.45, 7) is -0.0489. The molecule has 1 saturated heterocycles. The van der Waals surface area contributed by atoms with Crippen LogP contribution in [0, 0.1) is 0 Å². The summed E-state index contributed by atoms with van der Waals surface area (Å²) in [6, 6.07) is 13.7. The second kappa shape index (κ2) is 10.7. The standard InChI is InChI=1S/C26H26N6O7/c33-10-19-23(35)21(31-20(34)11-36-16-4-2-1-3-5-16)26(39-19)32-13-30-22-24(28-12-29-25(22)32)27-9-15-6-7-17-18(8-15)38-14-37-17/h1-8,12-13,19,21,23,26,33,35H,9-11,14H2,(H,31,34)(H,27,28,29)/t19-,21-,23-,26-/m1/s1. The van der Waals surface area contributed by atoms with Crippen molar-refractivity contribution in [2.24, 2.45) is 0 Å². The van der Waals surface area contributed by atoms with E-state index in [1.54, 1.807) is 28.8 Å². The van der Waals surface area contributed by atoms with Crippen molar-refractivity contribution in [1.82, 2.24) is 24.8 Å². The van der Waals surface area contributed by atoms with Gasteiger partial charge in [0.15, 0.2) is 41.3 Å². The number of nitrogens with zero attached hydrogens (tertiary/aromatic N) is 4. The number of aliphatic hydroxyl groups is 2. The molecule has 0 saturated carbocycles. The van der Waals surface area contributed by atoms with E-state index in [1.807, 2.05) is 24.3 Å². The van der Waals surface area contributed by atoms with E-state index in [9.17, 15) is 15.0 Å². The fourth-order valence-corrected chi connectivity index (χ4v) is 4.59. The highest BCUT2D eigenvalue weighted by Crippen LogP contribution is 2.34. The van der Waals surface area contributed by atoms with E-state index in [4.69, 9.17) is 18.9 Å². The quantitative estimate of drug-likeness (QED) is 0.242. The van der Waals surface area contributed by atoms with Crippen molar-refractivity contribution in [1.29, 1.82) is 0 Å². The predicted molar refractivity (Wildman–Crippen MR) is 136 cm³/mol. The minimum absolute atomic E-state index is 0.201. The molecule has 6 rings (SSSR count). The lowest BCUT2D eigenvalue weighted by Gasteiger charge is -2.23. The molecule has 0 spiro atoms. The molecule has 4 N–H and O–H groups in total. The number of aromatic nitrogens is 4. The summed E-state index contributed by atoms with van der Waals surface area (Å²) < 4.78 is 23.8. The van der Waals surface area contributed by atoms with Crippen molar-refractivity contribution in [3.63, 3.8) is 0 Å². The number of hydrogen-bond acceptors (Lipinski definition) is 11. The van der Waals surface area contributed by atoms with Crippen LogP contribution in [0.4, 0.5) is 5.82 Å². The van der Waals surface area contributed by atoms with E-state index in [-0.39, 0.29) is 13.4 Å². The zero-order chi connectivity index (χ0) is 26.8. The Hall–Kier alpha value is -4.46. The Bertz CT molecular complexity index is 1470. The summed E-state index contributed by atoms with van der Waals surface area (Å²) in [5.41, 5.74) is 1.86. The van der Waals surface area contributed by atoms with Gasteiger partial charge >= 0.3 is 0 Å². The first-order valence-electron chi connectivity index (χ1n) is 12.3. The monoisotopic (exact) mass is 534 g/mol. The molecule has 13 nitrogen and oxygen atoms in total. The molecule has 2 aliphatic rings. The predicted octanol–water partition coefficient (Wildman–Crippen LogP) is 0.981. The van der Waals surface area contributed by atoms with Crippen molar-refractivity contribution in [3.05, 3.63) is 66.7 Å². The highest BCUT2D eigenvalue weighted by Gasteiger charge is 2.45. The molecule has 13 heteroatoms. The lowest BCUT2D eigenvalue weighted by molar-refractivity contribution is -0.125. The first-order valence-corrected chi connectivity index (χ1v) is 12.3. The van der Waals surface area contributed by atoms with Gasteiger partial charge in [-0.15, -0.1) is 0 Å². The maximum absolute atomic E-state index is 12.7. The van der Waals surface area contributed by atoms with Crippen LogP contribution in [0.2, 0.25) is 0 Å². The fourth-order valence-electron chi connectivity index (χ4n) is 4.59. The number of rotatable bonds is 9. The van der Waals surface area contributed by atoms with Crippen LogP contribution in [0.3, 0.4) is 0 Å². The summed E-state index contributed by atoms with van der Waals surface area (Å²) in [5, 5.41) is 26.6. The minimum Gasteiger partial charge on any atom is -0.484 e. The fraction of sp³-hybridized carbons (Fsp3) is 0.308. The van der Waals surface area contributed by atoms with Gasteiger partial charge in [-0.3, -0.25) is 9.36 Å². The summed E-state index contributed by atoms with van der Waals surface area (Å²) in [6.07, 6.45) is -0.0955. The van der Waals surface area contributed by atoms with Gasteiger partial charge in [0, 0.05) is 6.54 Å². The van der Waals surface area contributed by atoms with Crippen LogP contribution < -0.4 is 24.8 Å². The average Bonchev–Trinajstić information content (AvgIpc) is 3.69. The Morgan fingerprint density at radius 1 is 1.10 bits per heavy atom. The third kappa shape index (κ3) is 5.02. The van der Waals surface area contributed by atoms with Gasteiger partial charge in [0.25, 0.3) is 5.91 Å². The minimum atomic E-state index is -1.18. The molecular formula is C26H26N6O7. The maximum atomic E-state index is 12.7. The molecular weight excluding hydrogens is 508 g/mol. The molecule has 4 heterocycles. The molecule has 0 unspecified atom stereocenters. The number of aliphatic hydroxyl groups excluding tert-OH is 2. The van der Waals surface area contributed by atoms with Gasteiger partial charge in [0.05, 0.1) is 12.9 Å². The second-order valence-electron chi connectivity index (χ2n) is 9.02. The number of ether oxygens (including phenoxy) is 4. The van der Waals surface area contributed by atoms with E-state index >= 15 is 0 Å². The Balaban J connectivity index is 1.19. The lowest BCUT2D eigenvalue weighted by Crippen LogP contribution is -2.48. The van der Waals surface area contributed by atoms with Crippen LogP contribution in [0.1, 0.15) is 11.8 Å². The van der Waals surface area contributed by atoms with E-state index in [2.05, 4.69) is 25.6 Å². The van der Waals surface area contributed by atoms with Crippen LogP contribution in [-0.2, 0) is 16.1 Å². The highest BCUT2D eigenvalue weighted by molar-refractivity contribution is 5.83. The number of fused-ring (bicyclic) bond motifs is 2. The number of imidazole rings is 1. The number of carbonyl (C=O) groups is 1. The average molecular weight is 535 g/mol. The molecule has 4 atom stereocenters. The van der Waals surface area contributed by atoms with Gasteiger partial charge in [0.1, 0.15) is 30.3 Å². The summed E-state index contributed by atoms with van der Waals surface area (Å²) in [4.78, 5) is 25.9. The molecule has 202 valence electrons. The number of amides is 1. The number of nitrogens with one attached hydrogen (secondary N) is 2. The number of carbonyl (C=O) groups excluding carboxylic acids is 1. The van der Waals surface area contributed by atoms with Crippen LogP contribution in [0.25, 0.3) is 11.2 Å². The van der Waals surface area contributed by atoms with Crippen LogP contribution >= 0.6 is 0 Å². The SMILES string of the molecule is O=C(COc1ccccc1)N[C@@H]1[C@H](O)[C@@H](CO)O[C@H]1n1cnc2c(NCc3ccc4c(c3)OCO4)ncnc21. The molecule has 0 aliphatic carbocycles. The number of para-hydroxylation sites is 1. The van der Waals surface area contributed by atoms with Gasteiger partial charge < -0.3 is 39.8 Å². The highest BCUT2D eigenvalue weighted by atomic mass is 16.7. The Kier molecular flexibility index (Phi) is 6.84. The molecule has 2 aromatic heterocycles. The number of benzene rings is 2. The van der Waals surface area contributed by atoms with E-state index in [0.29, 0.717) is 40.8 Å². The zero-order valence-electron chi connectivity index (χ0n) is 20.6. The van der Waals surface area contributed by atoms with Crippen molar-refractivity contribution < 1.29 is 34.0 Å². The first-order chi connectivity index (χ1) is 19.1. The molecule has 39 heavy (non-hydrogen) atoms. The first kappa shape index (κ1) is 24.9. The topological polar surface area (TPSA) is 162 Å². The van der Waals surface area contributed by atoms with E-state index < -0.39 is 37.0 Å². The number of anilines is 1. The second-order valence-corrected chi connectivity index (χ2v) is 9.02. The molecule has 2 aliphatic heterocycles. The molecule has 4 aromatic rings. The summed E-state index contributed by atoms with van der Waals surface area (Å²) in [7, 11) is 0. The lowest BCUT2D eigenvalue weighted by atomic mass is 10.1. The largest absolute Gasteiger partial charge is 0.484 e. The summed E-state index contributed by atoms with van der Waals surface area (Å²) in [5.74, 6) is 1.96. The third-order valence-corrected chi connectivity index (χ3v) is 6.52. The maximum Gasteiger partial charge on any atom is 0.258 e. The normalized spacial score (nSPS) is 21.7. The molecule has 2 aromatic carbocycles. The van der Waals surface area contributed by atoms with Gasteiger partial charge in [0.2, 0.25) is 6.79 Å². The van der Waals surface area contributed by atoms with Gasteiger partial charge in [-0.1, -0.05) is 24.3 Å². The van der Waals surface area contributed by atoms with Gasteiger partial charge in [-0.2, -0.15) is 0 Å². The van der Waals surface area contributed by atoms with Gasteiger partial charge in [-0.25, -0.2) is 15.0 Å². The Labute approximate surface area is 222 Å². The van der Waals surface area contributed by atoms with Crippen molar-refractivity contribution in [2.75, 3.05) is 25.3 Å². The van der Waals surface area contributed by atoms with Crippen LogP contribution in [0.5, 0.6) is 17.2 Å². The van der Waals surface area contributed by atoms with Crippen molar-refractivity contribution in [3.8, 4) is 17.2 Å². The zero-order valence-corrected chi connectivity index (χ0v) is 20.6.